The van der Waals surface area contributed by atoms with E-state index in [1.165, 1.54) is 12.8 Å². The molecule has 1 fully saturated rings. The Morgan fingerprint density at radius 2 is 1.25 bits per heavy atom. The minimum atomic E-state index is -2.25. The Bertz CT molecular complexity index is 126. The molecule has 0 aromatic heterocycles. The molecule has 0 spiro atoms. The van der Waals surface area contributed by atoms with Crippen LogP contribution >= 0.6 is 0 Å². The van der Waals surface area contributed by atoms with Gasteiger partial charge in [-0.05, 0) is 33.6 Å². The molecule has 0 aromatic rings. The summed E-state index contributed by atoms with van der Waals surface area (Å²) in [5, 5.41) is 0. The van der Waals surface area contributed by atoms with E-state index in [2.05, 4.69) is 0 Å². The van der Waals surface area contributed by atoms with Crippen molar-refractivity contribution in [2.75, 3.05) is 33.0 Å². The molecule has 1 aliphatic rings. The van der Waals surface area contributed by atoms with Crippen LogP contribution in [0.3, 0.4) is 0 Å². The molecular formula is C11H26O4Si. The van der Waals surface area contributed by atoms with Crippen molar-refractivity contribution in [1.82, 2.24) is 0 Å². The van der Waals surface area contributed by atoms with Crippen LogP contribution in [0, 0.1) is 0 Å². The minimum absolute atomic E-state index is 0.655. The van der Waals surface area contributed by atoms with E-state index in [9.17, 15) is 0 Å². The van der Waals surface area contributed by atoms with Crippen molar-refractivity contribution < 1.29 is 18.0 Å². The average molecular weight is 250 g/mol. The molecule has 1 aliphatic heterocycles. The first-order valence-electron chi connectivity index (χ1n) is 6.18. The first kappa shape index (κ1) is 16.1. The summed E-state index contributed by atoms with van der Waals surface area (Å²) in [6.45, 7) is 11.7. The Hall–Kier alpha value is 0.0569. The van der Waals surface area contributed by atoms with E-state index < -0.39 is 8.80 Å². The van der Waals surface area contributed by atoms with Gasteiger partial charge in [0.25, 0.3) is 0 Å². The molecule has 1 rings (SSSR count). The maximum Gasteiger partial charge on any atom is 0.497 e. The third-order valence-electron chi connectivity index (χ3n) is 2.05. The lowest BCUT2D eigenvalue weighted by atomic mass is 10.4. The van der Waals surface area contributed by atoms with Gasteiger partial charge in [0.2, 0.25) is 0 Å². The fraction of sp³-hybridized carbons (Fsp3) is 1.00. The smallest absolute Gasteiger partial charge is 0.381 e. The van der Waals surface area contributed by atoms with Crippen LogP contribution in [0.25, 0.3) is 0 Å². The number of ether oxygens (including phenoxy) is 1. The molecule has 0 bridgehead atoms. The van der Waals surface area contributed by atoms with E-state index in [-0.39, 0.29) is 0 Å². The highest BCUT2D eigenvalue weighted by molar-refractivity contribution is 6.59. The lowest BCUT2D eigenvalue weighted by Crippen LogP contribution is -2.42. The van der Waals surface area contributed by atoms with Gasteiger partial charge in [-0.15, -0.1) is 0 Å². The number of hydrogen-bond donors (Lipinski definition) is 0. The van der Waals surface area contributed by atoms with Gasteiger partial charge < -0.3 is 18.0 Å². The lowest BCUT2D eigenvalue weighted by Gasteiger charge is -2.23. The fourth-order valence-electron chi connectivity index (χ4n) is 1.42. The van der Waals surface area contributed by atoms with Crippen LogP contribution in [-0.4, -0.2) is 41.8 Å². The van der Waals surface area contributed by atoms with Gasteiger partial charge in [-0.2, -0.15) is 0 Å². The summed E-state index contributed by atoms with van der Waals surface area (Å²) in [5.74, 6) is 0. The predicted molar refractivity (Wildman–Crippen MR) is 66.5 cm³/mol. The topological polar surface area (TPSA) is 36.9 Å². The third kappa shape index (κ3) is 8.24. The summed E-state index contributed by atoms with van der Waals surface area (Å²) in [6.07, 6.45) is 2.56. The SMILES string of the molecule is C1CCOC1.CCO[Si](C)(OCC)OCC. The highest BCUT2D eigenvalue weighted by Crippen LogP contribution is 2.08. The summed E-state index contributed by atoms with van der Waals surface area (Å²) >= 11 is 0. The third-order valence-corrected chi connectivity index (χ3v) is 4.49. The standard InChI is InChI=1S/C7H18O3Si.C4H8O/c1-5-8-11(4,9-6-2)10-7-3;1-2-4-5-3-1/h5-7H2,1-4H3;1-4H2. The molecule has 16 heavy (non-hydrogen) atoms. The molecule has 0 aromatic carbocycles. The van der Waals surface area contributed by atoms with E-state index in [0.29, 0.717) is 19.8 Å². The highest BCUT2D eigenvalue weighted by atomic mass is 28.4. The van der Waals surface area contributed by atoms with Gasteiger partial charge in [-0.1, -0.05) is 0 Å². The van der Waals surface area contributed by atoms with Crippen molar-refractivity contribution >= 4 is 8.80 Å². The van der Waals surface area contributed by atoms with E-state index in [4.69, 9.17) is 18.0 Å². The number of rotatable bonds is 6. The Morgan fingerprint density at radius 1 is 0.875 bits per heavy atom. The van der Waals surface area contributed by atoms with Crippen LogP contribution in [0.1, 0.15) is 33.6 Å². The first-order valence-corrected chi connectivity index (χ1v) is 8.40. The van der Waals surface area contributed by atoms with Crippen LogP contribution in [0.4, 0.5) is 0 Å². The normalized spacial score (nSPS) is 15.8. The molecule has 0 saturated carbocycles. The van der Waals surface area contributed by atoms with Crippen LogP contribution < -0.4 is 0 Å². The second kappa shape index (κ2) is 10.2. The van der Waals surface area contributed by atoms with Crippen molar-refractivity contribution in [1.29, 1.82) is 0 Å². The van der Waals surface area contributed by atoms with Crippen LogP contribution in [0.15, 0.2) is 0 Å². The van der Waals surface area contributed by atoms with Gasteiger partial charge in [0.1, 0.15) is 0 Å². The molecule has 0 N–H and O–H groups in total. The Balaban J connectivity index is 0.000000368. The second-order valence-electron chi connectivity index (χ2n) is 3.48. The number of hydrogen-bond acceptors (Lipinski definition) is 4. The molecule has 0 radical (unpaired) electrons. The predicted octanol–water partition coefficient (Wildman–Crippen LogP) is 2.46. The zero-order chi connectivity index (χ0) is 12.3. The summed E-state index contributed by atoms with van der Waals surface area (Å²) in [4.78, 5) is 0. The van der Waals surface area contributed by atoms with E-state index in [1.54, 1.807) is 0 Å². The quantitative estimate of drug-likeness (QED) is 0.679. The van der Waals surface area contributed by atoms with Gasteiger partial charge >= 0.3 is 8.80 Å². The molecule has 0 atom stereocenters. The molecule has 0 aliphatic carbocycles. The van der Waals surface area contributed by atoms with E-state index in [1.807, 2.05) is 27.3 Å². The molecule has 1 saturated heterocycles. The van der Waals surface area contributed by atoms with Crippen LogP contribution in [0.2, 0.25) is 6.55 Å². The van der Waals surface area contributed by atoms with Crippen molar-refractivity contribution in [3.63, 3.8) is 0 Å². The molecule has 98 valence electrons. The molecule has 0 unspecified atom stereocenters. The average Bonchev–Trinajstić information content (AvgIpc) is 2.76. The summed E-state index contributed by atoms with van der Waals surface area (Å²) in [7, 11) is -2.25. The maximum atomic E-state index is 5.40. The van der Waals surface area contributed by atoms with E-state index >= 15 is 0 Å². The first-order chi connectivity index (χ1) is 7.68. The molecular weight excluding hydrogens is 224 g/mol. The molecule has 5 heteroatoms. The van der Waals surface area contributed by atoms with Crippen molar-refractivity contribution in [3.8, 4) is 0 Å². The van der Waals surface area contributed by atoms with Gasteiger partial charge in [0, 0.05) is 39.6 Å². The van der Waals surface area contributed by atoms with Gasteiger partial charge in [0.05, 0.1) is 0 Å². The molecule has 0 amide bonds. The van der Waals surface area contributed by atoms with Gasteiger partial charge in [-0.25, -0.2) is 0 Å². The minimum Gasteiger partial charge on any atom is -0.381 e. The lowest BCUT2D eigenvalue weighted by molar-refractivity contribution is 0.0783. The zero-order valence-electron chi connectivity index (χ0n) is 11.1. The Labute approximate surface area is 101 Å². The summed E-state index contributed by atoms with van der Waals surface area (Å²) in [6, 6.07) is 0. The summed E-state index contributed by atoms with van der Waals surface area (Å²) < 4.78 is 21.2. The monoisotopic (exact) mass is 250 g/mol. The Kier molecular flexibility index (Phi) is 10.3. The highest BCUT2D eigenvalue weighted by Gasteiger charge is 2.32. The summed E-state index contributed by atoms with van der Waals surface area (Å²) in [5.41, 5.74) is 0. The Morgan fingerprint density at radius 3 is 1.44 bits per heavy atom. The zero-order valence-corrected chi connectivity index (χ0v) is 12.1. The van der Waals surface area contributed by atoms with Crippen LogP contribution in [-0.2, 0) is 18.0 Å². The van der Waals surface area contributed by atoms with E-state index in [0.717, 1.165) is 13.2 Å². The second-order valence-corrected chi connectivity index (χ2v) is 6.07. The fourth-order valence-corrected chi connectivity index (χ4v) is 3.25. The molecule has 4 nitrogen and oxygen atoms in total. The van der Waals surface area contributed by atoms with Crippen LogP contribution in [0.5, 0.6) is 0 Å². The molecule has 1 heterocycles. The van der Waals surface area contributed by atoms with Crippen molar-refractivity contribution in [3.05, 3.63) is 0 Å². The maximum absolute atomic E-state index is 5.40. The largest absolute Gasteiger partial charge is 0.497 e. The van der Waals surface area contributed by atoms with Crippen molar-refractivity contribution in [2.45, 2.75) is 40.2 Å². The van der Waals surface area contributed by atoms with Gasteiger partial charge in [0.15, 0.2) is 0 Å². The van der Waals surface area contributed by atoms with Gasteiger partial charge in [-0.3, -0.25) is 0 Å². The van der Waals surface area contributed by atoms with Crippen molar-refractivity contribution in [2.24, 2.45) is 0 Å².